The number of fused-ring (bicyclic) bond motifs is 1. The van der Waals surface area contributed by atoms with Crippen LogP contribution >= 0.6 is 11.6 Å². The number of rotatable bonds is 1. The predicted molar refractivity (Wildman–Crippen MR) is 78.4 cm³/mol. The van der Waals surface area contributed by atoms with E-state index in [1.807, 2.05) is 0 Å². The topological polar surface area (TPSA) is 57.9 Å². The lowest BCUT2D eigenvalue weighted by atomic mass is 10.3. The van der Waals surface area contributed by atoms with Gasteiger partial charge in [0.1, 0.15) is 11.3 Å². The number of amides is 2. The first-order chi connectivity index (χ1) is 10.0. The third kappa shape index (κ3) is 2.71. The molecule has 1 saturated heterocycles. The van der Waals surface area contributed by atoms with Crippen LogP contribution in [0.2, 0.25) is 5.02 Å². The summed E-state index contributed by atoms with van der Waals surface area (Å²) in [6.07, 6.45) is 3.40. The molecule has 0 unspecified atom stereocenters. The van der Waals surface area contributed by atoms with Crippen LogP contribution in [0, 0.1) is 0 Å². The van der Waals surface area contributed by atoms with Crippen molar-refractivity contribution < 1.29 is 9.59 Å². The van der Waals surface area contributed by atoms with Crippen molar-refractivity contribution in [2.75, 3.05) is 26.2 Å². The zero-order valence-electron chi connectivity index (χ0n) is 11.6. The van der Waals surface area contributed by atoms with Crippen molar-refractivity contribution in [3.8, 4) is 0 Å². The smallest absolute Gasteiger partial charge is 0.274 e. The number of nitrogens with zero attached hydrogens (tertiary/aromatic N) is 4. The fraction of sp³-hybridized carbons (Fsp3) is 0.357. The number of carbonyl (C=O) groups is 2. The van der Waals surface area contributed by atoms with Gasteiger partial charge in [-0.2, -0.15) is 0 Å². The van der Waals surface area contributed by atoms with Crippen LogP contribution in [0.5, 0.6) is 0 Å². The first-order valence-corrected chi connectivity index (χ1v) is 7.11. The van der Waals surface area contributed by atoms with E-state index in [0.717, 1.165) is 0 Å². The summed E-state index contributed by atoms with van der Waals surface area (Å²) in [5.74, 6) is -0.0671. The minimum absolute atomic E-state index is 0.0458. The Hall–Kier alpha value is -2.08. The fourth-order valence-electron chi connectivity index (χ4n) is 2.45. The number of hydrogen-bond acceptors (Lipinski definition) is 3. The number of halogens is 1. The Bertz CT molecular complexity index is 704. The quantitative estimate of drug-likeness (QED) is 0.798. The van der Waals surface area contributed by atoms with Crippen LogP contribution in [0.3, 0.4) is 0 Å². The monoisotopic (exact) mass is 306 g/mol. The molecule has 6 nitrogen and oxygen atoms in total. The van der Waals surface area contributed by atoms with Gasteiger partial charge in [0.2, 0.25) is 5.91 Å². The van der Waals surface area contributed by atoms with Gasteiger partial charge < -0.3 is 14.2 Å². The Labute approximate surface area is 126 Å². The van der Waals surface area contributed by atoms with Gasteiger partial charge in [-0.15, -0.1) is 0 Å². The second kappa shape index (κ2) is 5.37. The number of aromatic nitrogens is 2. The highest BCUT2D eigenvalue weighted by Crippen LogP contribution is 2.14. The molecule has 1 aliphatic heterocycles. The zero-order chi connectivity index (χ0) is 15.0. The van der Waals surface area contributed by atoms with Gasteiger partial charge in [-0.25, -0.2) is 4.98 Å². The number of pyridine rings is 1. The molecule has 0 atom stereocenters. The molecular weight excluding hydrogens is 292 g/mol. The lowest BCUT2D eigenvalue weighted by Gasteiger charge is -2.33. The molecule has 110 valence electrons. The van der Waals surface area contributed by atoms with Crippen LogP contribution in [0.4, 0.5) is 0 Å². The standard InChI is InChI=1S/C14H15ClN4O2/c1-10(20)17-4-6-18(7-5-17)14(21)12-9-19-8-11(15)2-3-13(19)16-12/h2-3,8-9H,4-7H2,1H3. The maximum atomic E-state index is 12.4. The number of hydrogen-bond donors (Lipinski definition) is 0. The van der Waals surface area contributed by atoms with Crippen LogP contribution in [0.15, 0.2) is 24.5 Å². The molecule has 0 radical (unpaired) electrons. The summed E-state index contributed by atoms with van der Waals surface area (Å²) < 4.78 is 1.74. The molecule has 7 heteroatoms. The number of piperazine rings is 1. The molecule has 21 heavy (non-hydrogen) atoms. The Morgan fingerprint density at radius 2 is 1.76 bits per heavy atom. The molecule has 0 spiro atoms. The minimum atomic E-state index is -0.113. The average Bonchev–Trinajstić information content (AvgIpc) is 2.89. The first-order valence-electron chi connectivity index (χ1n) is 6.73. The van der Waals surface area contributed by atoms with E-state index in [2.05, 4.69) is 4.98 Å². The van der Waals surface area contributed by atoms with Gasteiger partial charge in [-0.1, -0.05) is 11.6 Å². The lowest BCUT2D eigenvalue weighted by molar-refractivity contribution is -0.130. The van der Waals surface area contributed by atoms with Gasteiger partial charge in [0.15, 0.2) is 0 Å². The Kier molecular flexibility index (Phi) is 3.55. The molecule has 0 N–H and O–H groups in total. The second-order valence-corrected chi connectivity index (χ2v) is 5.47. The molecule has 1 fully saturated rings. The third-order valence-corrected chi connectivity index (χ3v) is 3.87. The molecule has 0 aliphatic carbocycles. The van der Waals surface area contributed by atoms with E-state index in [0.29, 0.717) is 42.5 Å². The fourth-order valence-corrected chi connectivity index (χ4v) is 2.62. The van der Waals surface area contributed by atoms with Gasteiger partial charge in [-0.05, 0) is 12.1 Å². The Balaban J connectivity index is 1.76. The van der Waals surface area contributed by atoms with Gasteiger partial charge in [0.05, 0.1) is 5.02 Å². The van der Waals surface area contributed by atoms with Crippen molar-refractivity contribution in [2.24, 2.45) is 0 Å². The molecule has 0 saturated carbocycles. The van der Waals surface area contributed by atoms with Crippen molar-refractivity contribution in [3.05, 3.63) is 35.2 Å². The van der Waals surface area contributed by atoms with Crippen LogP contribution in [-0.2, 0) is 4.79 Å². The number of carbonyl (C=O) groups excluding carboxylic acids is 2. The molecule has 2 aromatic rings. The first kappa shape index (κ1) is 13.9. The summed E-state index contributed by atoms with van der Waals surface area (Å²) in [6, 6.07) is 3.51. The van der Waals surface area contributed by atoms with Crippen LogP contribution in [-0.4, -0.2) is 57.2 Å². The average molecular weight is 307 g/mol. The third-order valence-electron chi connectivity index (χ3n) is 3.65. The largest absolute Gasteiger partial charge is 0.339 e. The maximum Gasteiger partial charge on any atom is 0.274 e. The van der Waals surface area contributed by atoms with Crippen molar-refractivity contribution in [1.29, 1.82) is 0 Å². The number of imidazole rings is 1. The lowest BCUT2D eigenvalue weighted by Crippen LogP contribution is -2.50. The summed E-state index contributed by atoms with van der Waals surface area (Å²) in [4.78, 5) is 31.5. The van der Waals surface area contributed by atoms with Gasteiger partial charge in [-0.3, -0.25) is 9.59 Å². The molecule has 3 heterocycles. The van der Waals surface area contributed by atoms with Crippen LogP contribution < -0.4 is 0 Å². The van der Waals surface area contributed by atoms with Crippen molar-refractivity contribution >= 4 is 29.1 Å². The summed E-state index contributed by atoms with van der Waals surface area (Å²) in [6.45, 7) is 3.75. The van der Waals surface area contributed by atoms with Crippen molar-refractivity contribution in [1.82, 2.24) is 19.2 Å². The summed E-state index contributed by atoms with van der Waals surface area (Å²) >= 11 is 5.92. The van der Waals surface area contributed by atoms with E-state index in [4.69, 9.17) is 11.6 Å². The summed E-state index contributed by atoms with van der Waals surface area (Å²) in [5, 5.41) is 0.592. The molecule has 2 aromatic heterocycles. The summed E-state index contributed by atoms with van der Waals surface area (Å²) in [7, 11) is 0. The van der Waals surface area contributed by atoms with E-state index in [1.165, 1.54) is 0 Å². The van der Waals surface area contributed by atoms with Gasteiger partial charge in [0.25, 0.3) is 5.91 Å². The SMILES string of the molecule is CC(=O)N1CCN(C(=O)c2cn3cc(Cl)ccc3n2)CC1. The van der Waals surface area contributed by atoms with Crippen LogP contribution in [0.1, 0.15) is 17.4 Å². The molecule has 2 amide bonds. The second-order valence-electron chi connectivity index (χ2n) is 5.04. The van der Waals surface area contributed by atoms with E-state index in [-0.39, 0.29) is 11.8 Å². The molecule has 0 bridgehead atoms. The van der Waals surface area contributed by atoms with E-state index in [9.17, 15) is 9.59 Å². The van der Waals surface area contributed by atoms with Gasteiger partial charge >= 0.3 is 0 Å². The van der Waals surface area contributed by atoms with E-state index >= 15 is 0 Å². The van der Waals surface area contributed by atoms with Gasteiger partial charge in [0, 0.05) is 45.5 Å². The summed E-state index contributed by atoms with van der Waals surface area (Å²) in [5.41, 5.74) is 1.08. The highest BCUT2D eigenvalue weighted by atomic mass is 35.5. The van der Waals surface area contributed by atoms with Crippen LogP contribution in [0.25, 0.3) is 5.65 Å². The molecule has 1 aliphatic rings. The van der Waals surface area contributed by atoms with Crippen molar-refractivity contribution in [3.63, 3.8) is 0 Å². The molecule has 3 rings (SSSR count). The normalized spacial score (nSPS) is 15.5. The maximum absolute atomic E-state index is 12.4. The minimum Gasteiger partial charge on any atom is -0.339 e. The Morgan fingerprint density at radius 3 is 2.43 bits per heavy atom. The predicted octanol–water partition coefficient (Wildman–Crippen LogP) is 1.29. The molecular formula is C14H15ClN4O2. The van der Waals surface area contributed by atoms with E-state index in [1.54, 1.807) is 45.7 Å². The Morgan fingerprint density at radius 1 is 1.10 bits per heavy atom. The molecule has 0 aromatic carbocycles. The highest BCUT2D eigenvalue weighted by molar-refractivity contribution is 6.30. The van der Waals surface area contributed by atoms with Crippen molar-refractivity contribution in [2.45, 2.75) is 6.92 Å². The van der Waals surface area contributed by atoms with E-state index < -0.39 is 0 Å². The highest BCUT2D eigenvalue weighted by Gasteiger charge is 2.24. The zero-order valence-corrected chi connectivity index (χ0v) is 12.4.